The third kappa shape index (κ3) is 2.67. The van der Waals surface area contributed by atoms with E-state index in [-0.39, 0.29) is 5.60 Å². The normalized spacial score (nSPS) is 35.8. The summed E-state index contributed by atoms with van der Waals surface area (Å²) in [6.45, 7) is 9.35. The van der Waals surface area contributed by atoms with Crippen LogP contribution in [0.25, 0.3) is 0 Å². The summed E-state index contributed by atoms with van der Waals surface area (Å²) in [7, 11) is 0. The van der Waals surface area contributed by atoms with E-state index in [2.05, 4.69) is 18.4 Å². The molecule has 0 radical (unpaired) electrons. The first-order valence-corrected chi connectivity index (χ1v) is 6.69. The van der Waals surface area contributed by atoms with Gasteiger partial charge in [-0.3, -0.25) is 0 Å². The van der Waals surface area contributed by atoms with Gasteiger partial charge in [0.1, 0.15) is 0 Å². The molecule has 0 bridgehead atoms. The maximum atomic E-state index is 10.5. The highest BCUT2D eigenvalue weighted by Crippen LogP contribution is 2.39. The molecular weight excluding hydrogens is 198 g/mol. The van der Waals surface area contributed by atoms with Gasteiger partial charge in [-0.1, -0.05) is 18.4 Å². The Labute approximate surface area is 99.3 Å². The van der Waals surface area contributed by atoms with Crippen molar-refractivity contribution in [2.75, 3.05) is 19.6 Å². The van der Waals surface area contributed by atoms with Crippen LogP contribution in [0.1, 0.15) is 45.4 Å². The molecule has 2 unspecified atom stereocenters. The zero-order valence-corrected chi connectivity index (χ0v) is 10.5. The summed E-state index contributed by atoms with van der Waals surface area (Å²) in [5.74, 6) is 0.528. The van der Waals surface area contributed by atoms with Crippen molar-refractivity contribution in [2.45, 2.75) is 51.0 Å². The molecule has 1 saturated heterocycles. The van der Waals surface area contributed by atoms with Crippen LogP contribution in [0.15, 0.2) is 12.2 Å². The molecule has 0 aromatic rings. The van der Waals surface area contributed by atoms with Gasteiger partial charge < -0.3 is 10.0 Å². The number of fused-ring (bicyclic) bond motifs is 1. The van der Waals surface area contributed by atoms with Crippen molar-refractivity contribution < 1.29 is 5.11 Å². The number of nitrogens with zero attached hydrogens (tertiary/aromatic N) is 1. The fourth-order valence-electron chi connectivity index (χ4n) is 3.19. The number of hydrogen-bond donors (Lipinski definition) is 1. The first kappa shape index (κ1) is 12.1. The van der Waals surface area contributed by atoms with E-state index in [0.29, 0.717) is 5.92 Å². The first-order chi connectivity index (χ1) is 7.60. The average molecular weight is 223 g/mol. The van der Waals surface area contributed by atoms with Gasteiger partial charge in [-0.2, -0.15) is 0 Å². The molecule has 2 heteroatoms. The Morgan fingerprint density at radius 1 is 1.44 bits per heavy atom. The zero-order valence-electron chi connectivity index (χ0n) is 10.5. The first-order valence-electron chi connectivity index (χ1n) is 6.69. The van der Waals surface area contributed by atoms with Crippen LogP contribution in [-0.2, 0) is 0 Å². The molecule has 2 fully saturated rings. The van der Waals surface area contributed by atoms with Crippen LogP contribution in [0, 0.1) is 5.92 Å². The summed E-state index contributed by atoms with van der Waals surface area (Å²) in [4.78, 5) is 2.51. The third-order valence-corrected chi connectivity index (χ3v) is 4.37. The summed E-state index contributed by atoms with van der Waals surface area (Å²) in [5, 5.41) is 10.5. The Kier molecular flexibility index (Phi) is 3.70. The lowest BCUT2D eigenvalue weighted by molar-refractivity contribution is -0.0949. The Morgan fingerprint density at radius 2 is 2.25 bits per heavy atom. The van der Waals surface area contributed by atoms with Crippen LogP contribution >= 0.6 is 0 Å². The lowest BCUT2D eigenvalue weighted by Crippen LogP contribution is -2.53. The molecule has 1 aliphatic carbocycles. The van der Waals surface area contributed by atoms with Gasteiger partial charge in [0.25, 0.3) is 0 Å². The highest BCUT2D eigenvalue weighted by atomic mass is 16.3. The quantitative estimate of drug-likeness (QED) is 0.743. The molecule has 2 rings (SSSR count). The number of hydrogen-bond acceptors (Lipinski definition) is 2. The third-order valence-electron chi connectivity index (χ3n) is 4.37. The monoisotopic (exact) mass is 223 g/mol. The van der Waals surface area contributed by atoms with Crippen molar-refractivity contribution in [1.82, 2.24) is 4.90 Å². The van der Waals surface area contributed by atoms with Crippen LogP contribution in [0.3, 0.4) is 0 Å². The van der Waals surface area contributed by atoms with Gasteiger partial charge in [0.2, 0.25) is 0 Å². The molecule has 0 aromatic heterocycles. The second kappa shape index (κ2) is 4.89. The van der Waals surface area contributed by atoms with Gasteiger partial charge in [0.15, 0.2) is 0 Å². The molecule has 2 nitrogen and oxygen atoms in total. The molecule has 92 valence electrons. The van der Waals surface area contributed by atoms with Crippen molar-refractivity contribution in [2.24, 2.45) is 5.92 Å². The zero-order chi connectivity index (χ0) is 11.6. The van der Waals surface area contributed by atoms with Gasteiger partial charge >= 0.3 is 0 Å². The second-order valence-electron chi connectivity index (χ2n) is 5.80. The molecule has 0 aromatic carbocycles. The van der Waals surface area contributed by atoms with Crippen molar-refractivity contribution in [1.29, 1.82) is 0 Å². The minimum atomic E-state index is -0.321. The van der Waals surface area contributed by atoms with Crippen molar-refractivity contribution in [3.05, 3.63) is 12.2 Å². The average Bonchev–Trinajstić information content (AvgIpc) is 2.26. The summed E-state index contributed by atoms with van der Waals surface area (Å²) in [5.41, 5.74) is 0.947. The maximum Gasteiger partial charge on any atom is 0.0700 e. The standard InChI is InChI=1S/C14H25NO/c1-12(2)6-9-15-10-8-14(16)7-4-3-5-13(14)11-15/h13,16H,1,3-11H2,2H3. The van der Waals surface area contributed by atoms with E-state index in [9.17, 15) is 5.11 Å². The molecular formula is C14H25NO. The Hall–Kier alpha value is -0.340. The summed E-state index contributed by atoms with van der Waals surface area (Å²) in [6, 6.07) is 0. The lowest BCUT2D eigenvalue weighted by Gasteiger charge is -2.47. The predicted molar refractivity (Wildman–Crippen MR) is 67.4 cm³/mol. The van der Waals surface area contributed by atoms with Crippen molar-refractivity contribution in [3.63, 3.8) is 0 Å². The number of aliphatic hydroxyl groups is 1. The maximum absolute atomic E-state index is 10.5. The van der Waals surface area contributed by atoms with E-state index < -0.39 is 0 Å². The summed E-state index contributed by atoms with van der Waals surface area (Å²) < 4.78 is 0. The van der Waals surface area contributed by atoms with E-state index in [1.807, 2.05) is 0 Å². The Balaban J connectivity index is 1.87. The van der Waals surface area contributed by atoms with E-state index in [1.165, 1.54) is 24.8 Å². The predicted octanol–water partition coefficient (Wildman–Crippen LogP) is 2.58. The minimum absolute atomic E-state index is 0.321. The van der Waals surface area contributed by atoms with Crippen LogP contribution in [0.4, 0.5) is 0 Å². The molecule has 0 spiro atoms. The van der Waals surface area contributed by atoms with Gasteiger partial charge in [0.05, 0.1) is 5.60 Å². The molecule has 1 saturated carbocycles. The molecule has 2 atom stereocenters. The molecule has 1 N–H and O–H groups in total. The highest BCUT2D eigenvalue weighted by Gasteiger charge is 2.42. The van der Waals surface area contributed by atoms with Crippen molar-refractivity contribution >= 4 is 0 Å². The van der Waals surface area contributed by atoms with Gasteiger partial charge in [-0.25, -0.2) is 0 Å². The van der Waals surface area contributed by atoms with Crippen LogP contribution in [0.5, 0.6) is 0 Å². The SMILES string of the molecule is C=C(C)CCN1CCC2(O)CCCCC2C1. The number of likely N-dealkylation sites (tertiary alicyclic amines) is 1. The second-order valence-corrected chi connectivity index (χ2v) is 5.80. The van der Waals surface area contributed by atoms with Gasteiger partial charge in [-0.05, 0) is 32.6 Å². The number of rotatable bonds is 3. The molecule has 1 aliphatic heterocycles. The fourth-order valence-corrected chi connectivity index (χ4v) is 3.19. The highest BCUT2D eigenvalue weighted by molar-refractivity contribution is 4.97. The lowest BCUT2D eigenvalue weighted by atomic mass is 9.71. The van der Waals surface area contributed by atoms with Gasteiger partial charge in [0, 0.05) is 25.6 Å². The topological polar surface area (TPSA) is 23.5 Å². The fraction of sp³-hybridized carbons (Fsp3) is 0.857. The van der Waals surface area contributed by atoms with Crippen LogP contribution in [-0.4, -0.2) is 35.2 Å². The van der Waals surface area contributed by atoms with E-state index in [0.717, 1.165) is 38.9 Å². The largest absolute Gasteiger partial charge is 0.390 e. The van der Waals surface area contributed by atoms with Crippen LogP contribution in [0.2, 0.25) is 0 Å². The Bertz CT molecular complexity index is 263. The van der Waals surface area contributed by atoms with E-state index >= 15 is 0 Å². The summed E-state index contributed by atoms with van der Waals surface area (Å²) >= 11 is 0. The smallest absolute Gasteiger partial charge is 0.0700 e. The van der Waals surface area contributed by atoms with E-state index in [4.69, 9.17) is 0 Å². The minimum Gasteiger partial charge on any atom is -0.390 e. The molecule has 2 aliphatic rings. The Morgan fingerprint density at radius 3 is 3.00 bits per heavy atom. The van der Waals surface area contributed by atoms with E-state index in [1.54, 1.807) is 0 Å². The molecule has 1 heterocycles. The van der Waals surface area contributed by atoms with Gasteiger partial charge in [-0.15, -0.1) is 6.58 Å². The van der Waals surface area contributed by atoms with Crippen molar-refractivity contribution in [3.8, 4) is 0 Å². The summed E-state index contributed by atoms with van der Waals surface area (Å²) in [6.07, 6.45) is 6.87. The number of piperidine rings is 1. The van der Waals surface area contributed by atoms with Crippen LogP contribution < -0.4 is 0 Å². The molecule has 16 heavy (non-hydrogen) atoms. The molecule has 0 amide bonds.